The molecular weight excluding hydrogens is 331 g/mol. The zero-order valence-corrected chi connectivity index (χ0v) is 14.7. The second-order valence-corrected chi connectivity index (χ2v) is 6.69. The van der Waals surface area contributed by atoms with Crippen LogP contribution in [0.4, 0.5) is 17.5 Å². The number of nitrogens with zero attached hydrogens (tertiary/aromatic N) is 3. The highest BCUT2D eigenvalue weighted by Gasteiger charge is 2.13. The van der Waals surface area contributed by atoms with E-state index in [0.29, 0.717) is 16.0 Å². The fourth-order valence-corrected chi connectivity index (χ4v) is 3.24. The van der Waals surface area contributed by atoms with Crippen LogP contribution in [0.2, 0.25) is 10.0 Å². The van der Waals surface area contributed by atoms with E-state index in [9.17, 15) is 0 Å². The Bertz CT molecular complexity index is 682. The van der Waals surface area contributed by atoms with E-state index in [1.807, 2.05) is 19.1 Å². The van der Waals surface area contributed by atoms with Gasteiger partial charge in [-0.2, -0.15) is 4.98 Å². The molecule has 0 atom stereocenters. The maximum Gasteiger partial charge on any atom is 0.229 e. The van der Waals surface area contributed by atoms with E-state index < -0.39 is 0 Å². The number of hydrogen-bond acceptors (Lipinski definition) is 4. The third kappa shape index (κ3) is 4.27. The molecule has 1 N–H and O–H groups in total. The van der Waals surface area contributed by atoms with Crippen molar-refractivity contribution in [3.63, 3.8) is 0 Å². The Balaban J connectivity index is 1.84. The first-order chi connectivity index (χ1) is 11.1. The standard InChI is InChI=1S/C17H20Cl2N4/c1-12-10-16(23-8-4-2-3-5-9-23)22-17(20-12)21-15-7-6-13(18)11-14(15)19/h6-7,10-11H,2-5,8-9H2,1H3,(H,20,21,22). The molecule has 0 aliphatic carbocycles. The Morgan fingerprint density at radius 2 is 1.74 bits per heavy atom. The second-order valence-electron chi connectivity index (χ2n) is 5.84. The first-order valence-electron chi connectivity index (χ1n) is 7.94. The monoisotopic (exact) mass is 350 g/mol. The molecular formula is C17H20Cl2N4. The third-order valence-corrected chi connectivity index (χ3v) is 4.50. The van der Waals surface area contributed by atoms with Crippen molar-refractivity contribution in [1.82, 2.24) is 9.97 Å². The van der Waals surface area contributed by atoms with Gasteiger partial charge < -0.3 is 10.2 Å². The van der Waals surface area contributed by atoms with Crippen molar-refractivity contribution in [2.75, 3.05) is 23.3 Å². The molecule has 0 unspecified atom stereocenters. The average Bonchev–Trinajstić information content (AvgIpc) is 2.79. The van der Waals surface area contributed by atoms with Gasteiger partial charge in [-0.05, 0) is 38.0 Å². The van der Waals surface area contributed by atoms with Crippen LogP contribution in [0, 0.1) is 6.92 Å². The van der Waals surface area contributed by atoms with Gasteiger partial charge in [0.1, 0.15) is 5.82 Å². The van der Waals surface area contributed by atoms with Crippen LogP contribution < -0.4 is 10.2 Å². The lowest BCUT2D eigenvalue weighted by Gasteiger charge is -2.22. The maximum absolute atomic E-state index is 6.22. The van der Waals surface area contributed by atoms with Crippen molar-refractivity contribution < 1.29 is 0 Å². The topological polar surface area (TPSA) is 41.1 Å². The quantitative estimate of drug-likeness (QED) is 0.824. The average molecular weight is 351 g/mol. The van der Waals surface area contributed by atoms with Crippen LogP contribution in [0.25, 0.3) is 0 Å². The van der Waals surface area contributed by atoms with Gasteiger partial charge in [0, 0.05) is 29.9 Å². The van der Waals surface area contributed by atoms with E-state index in [4.69, 9.17) is 23.2 Å². The van der Waals surface area contributed by atoms with E-state index in [2.05, 4.69) is 20.2 Å². The normalized spacial score (nSPS) is 15.3. The van der Waals surface area contributed by atoms with E-state index >= 15 is 0 Å². The van der Waals surface area contributed by atoms with E-state index in [-0.39, 0.29) is 0 Å². The van der Waals surface area contributed by atoms with E-state index in [0.717, 1.165) is 30.3 Å². The molecule has 1 saturated heterocycles. The zero-order valence-electron chi connectivity index (χ0n) is 13.1. The zero-order chi connectivity index (χ0) is 16.2. The molecule has 1 aromatic carbocycles. The largest absolute Gasteiger partial charge is 0.356 e. The molecule has 6 heteroatoms. The Labute approximate surface area is 146 Å². The summed E-state index contributed by atoms with van der Waals surface area (Å²) in [6.07, 6.45) is 5.03. The summed E-state index contributed by atoms with van der Waals surface area (Å²) in [5.41, 5.74) is 1.69. The minimum Gasteiger partial charge on any atom is -0.356 e. The van der Waals surface area contributed by atoms with Gasteiger partial charge >= 0.3 is 0 Å². The predicted octanol–water partition coefficient (Wildman–Crippen LogP) is 5.22. The Hall–Kier alpha value is -1.52. The fraction of sp³-hybridized carbons (Fsp3) is 0.412. The molecule has 2 aromatic rings. The molecule has 1 aliphatic heterocycles. The van der Waals surface area contributed by atoms with Crippen LogP contribution >= 0.6 is 23.2 Å². The Morgan fingerprint density at radius 1 is 1.00 bits per heavy atom. The summed E-state index contributed by atoms with van der Waals surface area (Å²) in [5.74, 6) is 1.54. The van der Waals surface area contributed by atoms with Crippen LogP contribution in [-0.2, 0) is 0 Å². The minimum absolute atomic E-state index is 0.555. The summed E-state index contributed by atoms with van der Waals surface area (Å²) in [5, 5.41) is 4.36. The van der Waals surface area contributed by atoms with Crippen molar-refractivity contribution in [3.05, 3.63) is 40.0 Å². The number of aryl methyl sites for hydroxylation is 1. The molecule has 3 rings (SSSR count). The lowest BCUT2D eigenvalue weighted by atomic mass is 10.2. The van der Waals surface area contributed by atoms with Gasteiger partial charge in [-0.3, -0.25) is 0 Å². The van der Waals surface area contributed by atoms with Crippen LogP contribution in [0.3, 0.4) is 0 Å². The summed E-state index contributed by atoms with van der Waals surface area (Å²) < 4.78 is 0. The van der Waals surface area contributed by atoms with Crippen molar-refractivity contribution >= 4 is 40.7 Å². The van der Waals surface area contributed by atoms with Gasteiger partial charge in [0.05, 0.1) is 10.7 Å². The number of hydrogen-bond donors (Lipinski definition) is 1. The lowest BCUT2D eigenvalue weighted by Crippen LogP contribution is -2.25. The second kappa shape index (κ2) is 7.37. The summed E-state index contributed by atoms with van der Waals surface area (Å²) in [4.78, 5) is 11.5. The summed E-state index contributed by atoms with van der Waals surface area (Å²) in [6.45, 7) is 4.09. The van der Waals surface area contributed by atoms with Gasteiger partial charge in [-0.1, -0.05) is 36.0 Å². The highest BCUT2D eigenvalue weighted by molar-refractivity contribution is 6.36. The number of benzene rings is 1. The SMILES string of the molecule is Cc1cc(N2CCCCCC2)nc(Nc2ccc(Cl)cc2Cl)n1. The molecule has 0 amide bonds. The van der Waals surface area contributed by atoms with E-state index in [1.54, 1.807) is 12.1 Å². The van der Waals surface area contributed by atoms with Crippen LogP contribution in [0.1, 0.15) is 31.4 Å². The van der Waals surface area contributed by atoms with Crippen molar-refractivity contribution in [3.8, 4) is 0 Å². The first-order valence-corrected chi connectivity index (χ1v) is 8.70. The summed E-state index contributed by atoms with van der Waals surface area (Å²) >= 11 is 12.2. The molecule has 122 valence electrons. The third-order valence-electron chi connectivity index (χ3n) is 3.95. The molecule has 1 aromatic heterocycles. The maximum atomic E-state index is 6.22. The molecule has 4 nitrogen and oxygen atoms in total. The van der Waals surface area contributed by atoms with Crippen molar-refractivity contribution in [2.24, 2.45) is 0 Å². The molecule has 0 bridgehead atoms. The number of nitrogens with one attached hydrogen (secondary N) is 1. The first kappa shape index (κ1) is 16.3. The van der Waals surface area contributed by atoms with Crippen molar-refractivity contribution in [2.45, 2.75) is 32.6 Å². The molecule has 1 fully saturated rings. The molecule has 1 aliphatic rings. The molecule has 0 radical (unpaired) electrons. The number of halogens is 2. The minimum atomic E-state index is 0.555. The van der Waals surface area contributed by atoms with Gasteiger partial charge in [0.15, 0.2) is 0 Å². The van der Waals surface area contributed by atoms with Gasteiger partial charge in [-0.15, -0.1) is 0 Å². The van der Waals surface area contributed by atoms with Gasteiger partial charge in [0.2, 0.25) is 5.95 Å². The van der Waals surface area contributed by atoms with Crippen LogP contribution in [-0.4, -0.2) is 23.1 Å². The number of aromatic nitrogens is 2. The molecule has 2 heterocycles. The predicted molar refractivity (Wildman–Crippen MR) is 97.2 cm³/mol. The number of anilines is 3. The molecule has 0 saturated carbocycles. The fourth-order valence-electron chi connectivity index (χ4n) is 2.78. The van der Waals surface area contributed by atoms with Gasteiger partial charge in [-0.25, -0.2) is 4.98 Å². The Kier molecular flexibility index (Phi) is 5.23. The molecule has 0 spiro atoms. The van der Waals surface area contributed by atoms with Gasteiger partial charge in [0.25, 0.3) is 0 Å². The van der Waals surface area contributed by atoms with Crippen LogP contribution in [0.5, 0.6) is 0 Å². The highest BCUT2D eigenvalue weighted by Crippen LogP contribution is 2.28. The molecule has 23 heavy (non-hydrogen) atoms. The summed E-state index contributed by atoms with van der Waals surface area (Å²) in [6, 6.07) is 7.38. The smallest absolute Gasteiger partial charge is 0.229 e. The van der Waals surface area contributed by atoms with E-state index in [1.165, 1.54) is 25.7 Å². The number of rotatable bonds is 3. The summed E-state index contributed by atoms with van der Waals surface area (Å²) in [7, 11) is 0. The van der Waals surface area contributed by atoms with Crippen LogP contribution in [0.15, 0.2) is 24.3 Å². The highest BCUT2D eigenvalue weighted by atomic mass is 35.5. The van der Waals surface area contributed by atoms with Crippen molar-refractivity contribution in [1.29, 1.82) is 0 Å². The lowest BCUT2D eigenvalue weighted by molar-refractivity contribution is 0.726. The Morgan fingerprint density at radius 3 is 2.43 bits per heavy atom.